The van der Waals surface area contributed by atoms with E-state index in [1.807, 2.05) is 0 Å². The number of nitrogens with zero attached hydrogens (tertiary/aromatic N) is 3. The second-order valence-corrected chi connectivity index (χ2v) is 7.52. The van der Waals surface area contributed by atoms with Crippen LogP contribution in [0.2, 0.25) is 0 Å². The molecule has 0 saturated carbocycles. The molecule has 0 amide bonds. The van der Waals surface area contributed by atoms with Crippen LogP contribution >= 0.6 is 24.0 Å². The number of ether oxygens (including phenoxy) is 2. The summed E-state index contributed by atoms with van der Waals surface area (Å²) >= 11 is 0. The lowest BCUT2D eigenvalue weighted by Gasteiger charge is -2.31. The van der Waals surface area contributed by atoms with Gasteiger partial charge in [-0.2, -0.15) is 0 Å². The first kappa shape index (κ1) is 22.1. The molecule has 0 aromatic rings. The van der Waals surface area contributed by atoms with Crippen molar-refractivity contribution < 1.29 is 14.6 Å². The summed E-state index contributed by atoms with van der Waals surface area (Å²) in [6.07, 6.45) is 2.56. The highest BCUT2D eigenvalue weighted by atomic mass is 127. The molecule has 0 radical (unpaired) electrons. The number of halogens is 1. The van der Waals surface area contributed by atoms with Gasteiger partial charge in [0, 0.05) is 65.3 Å². The number of hydrogen-bond donors (Lipinski definition) is 2. The number of aliphatic imine (C=N–C) groups is 1. The van der Waals surface area contributed by atoms with Crippen LogP contribution in [0.3, 0.4) is 0 Å². The van der Waals surface area contributed by atoms with E-state index in [0.717, 1.165) is 58.4 Å². The van der Waals surface area contributed by atoms with Gasteiger partial charge >= 0.3 is 0 Å². The molecule has 26 heavy (non-hydrogen) atoms. The maximum Gasteiger partial charge on any atom is 0.194 e. The molecule has 0 aromatic carbocycles. The van der Waals surface area contributed by atoms with Crippen LogP contribution in [0.15, 0.2) is 4.99 Å². The Morgan fingerprint density at radius 2 is 1.85 bits per heavy atom. The maximum atomic E-state index is 10.6. The van der Waals surface area contributed by atoms with Gasteiger partial charge in [-0.05, 0) is 19.3 Å². The quantitative estimate of drug-likeness (QED) is 0.343. The smallest absolute Gasteiger partial charge is 0.194 e. The molecule has 152 valence electrons. The molecule has 0 aromatic heterocycles. The summed E-state index contributed by atoms with van der Waals surface area (Å²) in [7, 11) is 0. The van der Waals surface area contributed by atoms with Gasteiger partial charge < -0.3 is 24.8 Å². The van der Waals surface area contributed by atoms with Crippen LogP contribution in [0.25, 0.3) is 0 Å². The molecule has 8 heteroatoms. The number of hydrogen-bond acceptors (Lipinski definition) is 5. The van der Waals surface area contributed by atoms with E-state index in [1.165, 1.54) is 6.42 Å². The summed E-state index contributed by atoms with van der Waals surface area (Å²) in [6.45, 7) is 11.8. The van der Waals surface area contributed by atoms with E-state index in [4.69, 9.17) is 14.5 Å². The molecule has 0 spiro atoms. The van der Waals surface area contributed by atoms with Crippen molar-refractivity contribution in [3.05, 3.63) is 0 Å². The van der Waals surface area contributed by atoms with E-state index in [0.29, 0.717) is 38.5 Å². The van der Waals surface area contributed by atoms with Gasteiger partial charge in [-0.1, -0.05) is 0 Å². The van der Waals surface area contributed by atoms with Crippen LogP contribution in [-0.4, -0.2) is 98.7 Å². The minimum absolute atomic E-state index is 0. The number of guanidine groups is 1. The van der Waals surface area contributed by atoms with E-state index in [2.05, 4.69) is 22.0 Å². The van der Waals surface area contributed by atoms with Crippen LogP contribution in [0.4, 0.5) is 0 Å². The third kappa shape index (κ3) is 6.47. The van der Waals surface area contributed by atoms with Crippen LogP contribution in [-0.2, 0) is 9.47 Å². The summed E-state index contributed by atoms with van der Waals surface area (Å²) in [5.41, 5.74) is -0.703. The second kappa shape index (κ2) is 11.0. The molecule has 3 rings (SSSR count). The van der Waals surface area contributed by atoms with Crippen molar-refractivity contribution in [1.29, 1.82) is 0 Å². The molecular formula is C18H35IN4O3. The minimum Gasteiger partial charge on any atom is -0.388 e. The lowest BCUT2D eigenvalue weighted by molar-refractivity contribution is -0.0566. The van der Waals surface area contributed by atoms with Crippen LogP contribution in [0, 0.1) is 5.92 Å². The minimum atomic E-state index is -0.703. The zero-order valence-electron chi connectivity index (χ0n) is 16.0. The molecule has 1 unspecified atom stereocenters. The van der Waals surface area contributed by atoms with Gasteiger partial charge in [0.1, 0.15) is 0 Å². The Bertz CT molecular complexity index is 440. The average molecular weight is 482 g/mol. The molecule has 7 nitrogen and oxygen atoms in total. The fraction of sp³-hybridized carbons (Fsp3) is 0.944. The van der Waals surface area contributed by atoms with Gasteiger partial charge in [-0.3, -0.25) is 9.89 Å². The summed E-state index contributed by atoms with van der Waals surface area (Å²) in [4.78, 5) is 9.64. The van der Waals surface area contributed by atoms with Gasteiger partial charge in [0.25, 0.3) is 0 Å². The number of likely N-dealkylation sites (tertiary alicyclic amines) is 1. The molecule has 3 fully saturated rings. The fourth-order valence-electron chi connectivity index (χ4n) is 3.88. The first-order chi connectivity index (χ1) is 12.2. The Balaban J connectivity index is 0.00000243. The molecule has 0 bridgehead atoms. The highest BCUT2D eigenvalue weighted by molar-refractivity contribution is 14.0. The molecule has 2 N–H and O–H groups in total. The van der Waals surface area contributed by atoms with Gasteiger partial charge in [-0.25, -0.2) is 0 Å². The topological polar surface area (TPSA) is 69.6 Å². The van der Waals surface area contributed by atoms with Crippen molar-refractivity contribution >= 4 is 29.9 Å². The van der Waals surface area contributed by atoms with Crippen molar-refractivity contribution in [3.63, 3.8) is 0 Å². The Morgan fingerprint density at radius 1 is 1.15 bits per heavy atom. The highest BCUT2D eigenvalue weighted by Crippen LogP contribution is 2.22. The lowest BCUT2D eigenvalue weighted by Crippen LogP contribution is -2.44. The summed E-state index contributed by atoms with van der Waals surface area (Å²) in [6, 6.07) is 0. The molecule has 3 aliphatic rings. The summed E-state index contributed by atoms with van der Waals surface area (Å²) in [5.74, 6) is 1.64. The first-order valence-electron chi connectivity index (χ1n) is 9.82. The van der Waals surface area contributed by atoms with E-state index >= 15 is 0 Å². The molecule has 0 aliphatic carbocycles. The summed E-state index contributed by atoms with van der Waals surface area (Å²) in [5, 5.41) is 14.1. The fourth-order valence-corrected chi connectivity index (χ4v) is 3.88. The van der Waals surface area contributed by atoms with Crippen molar-refractivity contribution in [1.82, 2.24) is 15.1 Å². The maximum absolute atomic E-state index is 10.6. The number of aliphatic hydroxyl groups is 1. The van der Waals surface area contributed by atoms with Crippen molar-refractivity contribution in [2.24, 2.45) is 10.9 Å². The third-order valence-corrected chi connectivity index (χ3v) is 5.49. The third-order valence-electron chi connectivity index (χ3n) is 5.49. The Labute approximate surface area is 174 Å². The van der Waals surface area contributed by atoms with Gasteiger partial charge in [0.15, 0.2) is 5.96 Å². The lowest BCUT2D eigenvalue weighted by atomic mass is 9.95. The van der Waals surface area contributed by atoms with E-state index in [1.54, 1.807) is 0 Å². The predicted molar refractivity (Wildman–Crippen MR) is 113 cm³/mol. The molecule has 1 atom stereocenters. The van der Waals surface area contributed by atoms with Gasteiger partial charge in [0.05, 0.1) is 25.4 Å². The molecule has 3 saturated heterocycles. The van der Waals surface area contributed by atoms with Crippen LogP contribution < -0.4 is 5.32 Å². The average Bonchev–Trinajstić information content (AvgIpc) is 3.08. The van der Waals surface area contributed by atoms with Gasteiger partial charge in [0.2, 0.25) is 0 Å². The largest absolute Gasteiger partial charge is 0.388 e. The Morgan fingerprint density at radius 3 is 2.54 bits per heavy atom. The highest BCUT2D eigenvalue weighted by Gasteiger charge is 2.31. The SMILES string of the molecule is CCNC(=NCC1(O)CCOCC1)N1CCC(CN2CCOCC2)C1.I. The summed E-state index contributed by atoms with van der Waals surface area (Å²) < 4.78 is 10.8. The Kier molecular flexibility index (Phi) is 9.36. The van der Waals surface area contributed by atoms with Crippen LogP contribution in [0.5, 0.6) is 0 Å². The standard InChI is InChI=1S/C18H34N4O3.HI/c1-2-19-17(20-15-18(23)4-9-24-10-5-18)22-6-3-16(14-22)13-21-7-11-25-12-8-21;/h16,23H,2-15H2,1H3,(H,19,20);1H. The number of morpholine rings is 1. The van der Waals surface area contributed by atoms with Gasteiger partial charge in [-0.15, -0.1) is 24.0 Å². The van der Waals surface area contributed by atoms with E-state index in [9.17, 15) is 5.11 Å². The van der Waals surface area contributed by atoms with E-state index < -0.39 is 5.60 Å². The molecular weight excluding hydrogens is 447 g/mol. The van der Waals surface area contributed by atoms with Crippen molar-refractivity contribution in [3.8, 4) is 0 Å². The monoisotopic (exact) mass is 482 g/mol. The number of nitrogens with one attached hydrogen (secondary N) is 1. The van der Waals surface area contributed by atoms with Crippen molar-refractivity contribution in [2.45, 2.75) is 31.8 Å². The Hall–Kier alpha value is -0.160. The molecule has 3 aliphatic heterocycles. The molecule has 3 heterocycles. The zero-order chi connectivity index (χ0) is 17.5. The van der Waals surface area contributed by atoms with Crippen molar-refractivity contribution in [2.75, 3.05) is 72.2 Å². The normalized spacial score (nSPS) is 27.2. The second-order valence-electron chi connectivity index (χ2n) is 7.52. The first-order valence-corrected chi connectivity index (χ1v) is 9.82. The van der Waals surface area contributed by atoms with E-state index in [-0.39, 0.29) is 24.0 Å². The zero-order valence-corrected chi connectivity index (χ0v) is 18.3. The van der Waals surface area contributed by atoms with Crippen LogP contribution in [0.1, 0.15) is 26.2 Å². The number of rotatable bonds is 5. The predicted octanol–water partition coefficient (Wildman–Crippen LogP) is 0.766.